The van der Waals surface area contributed by atoms with E-state index in [1.807, 2.05) is 46.9 Å². The minimum Gasteiger partial charge on any atom is -0.423 e. The van der Waals surface area contributed by atoms with Crippen molar-refractivity contribution < 1.29 is 19.5 Å². The number of ether oxygens (including phenoxy) is 2. The smallest absolute Gasteiger partial charge is 0.423 e. The summed E-state index contributed by atoms with van der Waals surface area (Å²) in [5.74, 6) is 0. The van der Waals surface area contributed by atoms with Gasteiger partial charge in [0.05, 0.1) is 35.1 Å². The van der Waals surface area contributed by atoms with E-state index < -0.39 is 7.12 Å². The highest BCUT2D eigenvalue weighted by Crippen LogP contribution is 2.31. The maximum Gasteiger partial charge on any atom is 0.489 e. The van der Waals surface area contributed by atoms with Gasteiger partial charge in [0, 0.05) is 38.3 Å². The van der Waals surface area contributed by atoms with Crippen LogP contribution in [-0.2, 0) is 9.47 Å². The highest BCUT2D eigenvalue weighted by atomic mass is 79.9. The molecule has 2 aliphatic heterocycles. The van der Waals surface area contributed by atoms with E-state index in [9.17, 15) is 10.0 Å². The van der Waals surface area contributed by atoms with Crippen LogP contribution in [0, 0.1) is 20.8 Å². The van der Waals surface area contributed by atoms with Gasteiger partial charge in [-0.15, -0.1) is 0 Å². The van der Waals surface area contributed by atoms with Crippen LogP contribution in [-0.4, -0.2) is 60.1 Å². The molecule has 2 aliphatic rings. The van der Waals surface area contributed by atoms with Crippen molar-refractivity contribution in [2.24, 2.45) is 0 Å². The van der Waals surface area contributed by atoms with E-state index in [1.54, 1.807) is 6.20 Å². The maximum absolute atomic E-state index is 9.51. The van der Waals surface area contributed by atoms with E-state index in [0.717, 1.165) is 80.7 Å². The SMILES string of the molecule is Cc1ccc2[nH]ncc2c1Br.Cc1ccc2c(cnn2C2CCCCO2)c1B(O)O.Cc1ccc2c(cnn2C2CCCCO2)c1Br. The summed E-state index contributed by atoms with van der Waals surface area (Å²) in [7, 11) is -1.48. The Morgan fingerprint density at radius 1 is 0.702 bits per heavy atom. The number of hydrogen-bond donors (Lipinski definition) is 3. The van der Waals surface area contributed by atoms with Crippen molar-refractivity contribution >= 4 is 77.1 Å². The lowest BCUT2D eigenvalue weighted by molar-refractivity contribution is -0.0367. The van der Waals surface area contributed by atoms with Crippen molar-refractivity contribution in [3.8, 4) is 0 Å². The molecule has 2 unspecified atom stereocenters. The molecule has 5 heterocycles. The molecule has 0 saturated carbocycles. The Labute approximate surface area is 290 Å². The van der Waals surface area contributed by atoms with Gasteiger partial charge in [-0.25, -0.2) is 9.36 Å². The number of aromatic nitrogens is 6. The Hall–Kier alpha value is -3.07. The molecule has 6 aromatic rings. The van der Waals surface area contributed by atoms with Crippen molar-refractivity contribution in [2.45, 2.75) is 71.8 Å². The first kappa shape index (κ1) is 33.8. The second-order valence-electron chi connectivity index (χ2n) is 12.1. The van der Waals surface area contributed by atoms with Gasteiger partial charge in [0.2, 0.25) is 0 Å². The number of benzene rings is 3. The van der Waals surface area contributed by atoms with Crippen LogP contribution in [0.3, 0.4) is 0 Å². The normalized spacial score (nSPS) is 18.1. The van der Waals surface area contributed by atoms with Gasteiger partial charge < -0.3 is 19.5 Å². The zero-order valence-electron chi connectivity index (χ0n) is 26.8. The van der Waals surface area contributed by atoms with E-state index in [2.05, 4.69) is 84.3 Å². The number of H-pyrrole nitrogens is 1. The topological polar surface area (TPSA) is 123 Å². The number of aromatic amines is 1. The first-order valence-electron chi connectivity index (χ1n) is 16.0. The van der Waals surface area contributed by atoms with E-state index >= 15 is 0 Å². The number of fused-ring (bicyclic) bond motifs is 3. The number of rotatable bonds is 3. The maximum atomic E-state index is 9.51. The highest BCUT2D eigenvalue weighted by Gasteiger charge is 2.23. The van der Waals surface area contributed by atoms with Crippen LogP contribution in [0.5, 0.6) is 0 Å². The molecule has 2 atom stereocenters. The number of aryl methyl sites for hydroxylation is 3. The lowest BCUT2D eigenvalue weighted by Gasteiger charge is -2.23. The Bertz CT molecular complexity index is 1980. The van der Waals surface area contributed by atoms with Crippen LogP contribution in [0.25, 0.3) is 32.7 Å². The molecule has 3 aromatic heterocycles. The van der Waals surface area contributed by atoms with Gasteiger partial charge in [0.25, 0.3) is 0 Å². The molecule has 3 aromatic carbocycles. The Morgan fingerprint density at radius 2 is 1.23 bits per heavy atom. The van der Waals surface area contributed by atoms with Gasteiger partial charge in [-0.2, -0.15) is 15.3 Å². The summed E-state index contributed by atoms with van der Waals surface area (Å²) in [5.41, 5.74) is 6.96. The molecule has 0 bridgehead atoms. The summed E-state index contributed by atoms with van der Waals surface area (Å²) in [4.78, 5) is 0. The summed E-state index contributed by atoms with van der Waals surface area (Å²) in [6.07, 6.45) is 12.1. The fraction of sp³-hybridized carbons (Fsp3) is 0.382. The summed E-state index contributed by atoms with van der Waals surface area (Å²) < 4.78 is 17.6. The lowest BCUT2D eigenvalue weighted by Crippen LogP contribution is -2.32. The van der Waals surface area contributed by atoms with E-state index in [0.29, 0.717) is 5.46 Å². The number of hydrogen-bond acceptors (Lipinski definition) is 7. The van der Waals surface area contributed by atoms with Crippen molar-refractivity contribution in [2.75, 3.05) is 13.2 Å². The largest absolute Gasteiger partial charge is 0.489 e. The van der Waals surface area contributed by atoms with Crippen molar-refractivity contribution in [3.63, 3.8) is 0 Å². The number of halogens is 2. The van der Waals surface area contributed by atoms with Crippen LogP contribution in [0.4, 0.5) is 0 Å². The van der Waals surface area contributed by atoms with Gasteiger partial charge in [0.15, 0.2) is 12.5 Å². The summed E-state index contributed by atoms with van der Waals surface area (Å²) in [6, 6.07) is 12.2. The van der Waals surface area contributed by atoms with Crippen molar-refractivity contribution in [3.05, 3.63) is 80.6 Å². The predicted molar refractivity (Wildman–Crippen MR) is 193 cm³/mol. The molecular formula is C34H39BBr2N6O4. The highest BCUT2D eigenvalue weighted by molar-refractivity contribution is 9.11. The van der Waals surface area contributed by atoms with Gasteiger partial charge in [0.1, 0.15) is 0 Å². The summed E-state index contributed by atoms with van der Waals surface area (Å²) >= 11 is 7.12. The Balaban J connectivity index is 0.000000128. The molecule has 2 fully saturated rings. The van der Waals surface area contributed by atoms with E-state index in [4.69, 9.17) is 9.47 Å². The van der Waals surface area contributed by atoms with Crippen molar-refractivity contribution in [1.29, 1.82) is 0 Å². The molecule has 8 rings (SSSR count). The molecule has 3 N–H and O–H groups in total. The lowest BCUT2D eigenvalue weighted by atomic mass is 9.75. The second-order valence-corrected chi connectivity index (χ2v) is 13.7. The van der Waals surface area contributed by atoms with Gasteiger partial charge in [-0.3, -0.25) is 5.10 Å². The Morgan fingerprint density at radius 3 is 1.81 bits per heavy atom. The summed E-state index contributed by atoms with van der Waals surface area (Å²) in [6.45, 7) is 7.63. The first-order valence-corrected chi connectivity index (χ1v) is 17.6. The van der Waals surface area contributed by atoms with E-state index in [-0.39, 0.29) is 12.5 Å². The van der Waals surface area contributed by atoms with Gasteiger partial charge in [-0.05, 0) is 126 Å². The molecule has 0 aliphatic carbocycles. The molecule has 2 saturated heterocycles. The minimum absolute atomic E-state index is 0.0439. The minimum atomic E-state index is -1.48. The molecule has 10 nitrogen and oxygen atoms in total. The first-order chi connectivity index (χ1) is 22.7. The monoisotopic (exact) mass is 764 g/mol. The average Bonchev–Trinajstić information content (AvgIpc) is 3.85. The summed E-state index contributed by atoms with van der Waals surface area (Å²) in [5, 5.41) is 37.8. The molecule has 0 amide bonds. The van der Waals surface area contributed by atoms with Gasteiger partial charge >= 0.3 is 7.12 Å². The predicted octanol–water partition coefficient (Wildman–Crippen LogP) is 7.16. The quantitative estimate of drug-likeness (QED) is 0.164. The standard InChI is InChI=1S/C13H17BN2O3.C13H15BrN2O.C8H7BrN2/c1-9-5-6-11-10(13(9)14(17)18)8-15-16(11)12-4-2-3-7-19-12;1-9-5-6-11-10(13(9)14)8-15-16(11)12-4-2-3-7-17-12;1-5-2-3-7-6(8(5)9)4-10-11-7/h5-6,8,12,17-18H,2-4,7H2,1H3;5-6,8,12H,2-4,7H2,1H3;2-4H,1H3,(H,10,11). The third-order valence-corrected chi connectivity index (χ3v) is 10.9. The molecule has 246 valence electrons. The molecule has 47 heavy (non-hydrogen) atoms. The zero-order valence-corrected chi connectivity index (χ0v) is 30.0. The molecule has 0 spiro atoms. The van der Waals surface area contributed by atoms with Crippen LogP contribution in [0.2, 0.25) is 0 Å². The molecule has 0 radical (unpaired) electrons. The average molecular weight is 766 g/mol. The Kier molecular flexibility index (Phi) is 10.8. The third kappa shape index (κ3) is 7.20. The van der Waals surface area contributed by atoms with Crippen LogP contribution in [0.15, 0.2) is 63.9 Å². The molecular weight excluding hydrogens is 727 g/mol. The van der Waals surface area contributed by atoms with Crippen molar-refractivity contribution in [1.82, 2.24) is 29.8 Å². The zero-order chi connectivity index (χ0) is 33.1. The van der Waals surface area contributed by atoms with E-state index in [1.165, 1.54) is 29.4 Å². The van der Waals surface area contributed by atoms with Gasteiger partial charge in [-0.1, -0.05) is 23.8 Å². The number of nitrogens with zero attached hydrogens (tertiary/aromatic N) is 5. The third-order valence-electron chi connectivity index (χ3n) is 8.81. The molecule has 13 heteroatoms. The van der Waals surface area contributed by atoms with Crippen LogP contribution >= 0.6 is 31.9 Å². The van der Waals surface area contributed by atoms with Crippen LogP contribution < -0.4 is 5.46 Å². The number of nitrogens with one attached hydrogen (secondary N) is 1. The fourth-order valence-electron chi connectivity index (χ4n) is 6.17. The van der Waals surface area contributed by atoms with Crippen LogP contribution in [0.1, 0.15) is 67.7 Å². The second kappa shape index (κ2) is 15.0. The fourth-order valence-corrected chi connectivity index (χ4v) is 7.06.